The van der Waals surface area contributed by atoms with Crippen molar-refractivity contribution in [2.45, 2.75) is 341 Å². The van der Waals surface area contributed by atoms with E-state index in [0.717, 1.165) is 77.0 Å². The van der Waals surface area contributed by atoms with Crippen LogP contribution in [0.5, 0.6) is 0 Å². The number of allylic oxidation sites excluding steroid dienone is 7. The van der Waals surface area contributed by atoms with Crippen molar-refractivity contribution in [1.82, 2.24) is 5.32 Å². The standard InChI is InChI=1S/C69H131N2O7P/c1-7-10-13-16-19-22-25-27-29-31-32-33-34-35-36-37-38-40-41-43-46-49-52-55-58-61-68(72)70-66(65-77-79(74,75)76-64-63-71(4,5)6)67(60-57-54-51-48-45-24-21-18-15-12-9-3)78-69(73)62-59-56-53-50-47-44-42-39-30-28-26-23-20-17-14-11-8-2/h20,23,27-30,57,60,66-67H,7-19,21-22,24-26,31-56,58-59,61-65H2,1-6H3,(H-,70,72,74,75)/b23-20-,29-27+,30-28-,60-57-. The molecule has 1 N–H and O–H groups in total. The van der Waals surface area contributed by atoms with Gasteiger partial charge in [-0.3, -0.25) is 14.2 Å². The maximum Gasteiger partial charge on any atom is 0.306 e. The van der Waals surface area contributed by atoms with Crippen LogP contribution in [0.25, 0.3) is 0 Å². The lowest BCUT2D eigenvalue weighted by Gasteiger charge is -2.30. The molecule has 3 unspecified atom stereocenters. The van der Waals surface area contributed by atoms with Crippen LogP contribution in [0.1, 0.15) is 329 Å². The third-order valence-corrected chi connectivity index (χ3v) is 16.2. The fourth-order valence-corrected chi connectivity index (χ4v) is 10.7. The maximum atomic E-state index is 13.6. The van der Waals surface area contributed by atoms with Crippen molar-refractivity contribution in [3.63, 3.8) is 0 Å². The number of hydrogen-bond donors (Lipinski definition) is 1. The van der Waals surface area contributed by atoms with Crippen LogP contribution < -0.4 is 10.2 Å². The summed E-state index contributed by atoms with van der Waals surface area (Å²) in [4.78, 5) is 40.1. The van der Waals surface area contributed by atoms with Crippen LogP contribution >= 0.6 is 7.82 Å². The number of ether oxygens (including phenoxy) is 1. The van der Waals surface area contributed by atoms with Gasteiger partial charge in [-0.1, -0.05) is 275 Å². The summed E-state index contributed by atoms with van der Waals surface area (Å²) in [5.74, 6) is -0.538. The van der Waals surface area contributed by atoms with Crippen LogP contribution in [0.2, 0.25) is 0 Å². The first kappa shape index (κ1) is 77.0. The topological polar surface area (TPSA) is 114 Å². The van der Waals surface area contributed by atoms with Gasteiger partial charge in [0.05, 0.1) is 33.8 Å². The predicted molar refractivity (Wildman–Crippen MR) is 339 cm³/mol. The minimum atomic E-state index is -4.70. The average Bonchev–Trinajstić information content (AvgIpc) is 3.41. The molecule has 0 saturated heterocycles. The molecule has 0 rings (SSSR count). The number of nitrogens with one attached hydrogen (secondary N) is 1. The predicted octanol–water partition coefficient (Wildman–Crippen LogP) is 20.6. The molecule has 0 spiro atoms. The SMILES string of the molecule is CCCCC/C=C\C/C=C\CCCCCCCCCC(=O)OC(/C=C\CCCCCCCCCCC)C(COP(=O)([O-])OCC[N+](C)(C)C)NC(=O)CCCCCCCCCCCCCCCCC/C=C/CCCCCCCC. The molecule has 1 amide bonds. The number of likely N-dealkylation sites (N-methyl/N-ethyl adjacent to an activating group) is 1. The number of amides is 1. The van der Waals surface area contributed by atoms with Crippen LogP contribution in [-0.4, -0.2) is 69.4 Å². The van der Waals surface area contributed by atoms with Gasteiger partial charge in [-0.25, -0.2) is 0 Å². The van der Waals surface area contributed by atoms with E-state index in [1.54, 1.807) is 0 Å². The number of quaternary nitrogens is 1. The summed E-state index contributed by atoms with van der Waals surface area (Å²) in [6.45, 7) is 6.84. The molecule has 0 aliphatic heterocycles. The van der Waals surface area contributed by atoms with E-state index in [9.17, 15) is 19.0 Å². The number of phosphoric ester groups is 1. The minimum Gasteiger partial charge on any atom is -0.756 e. The van der Waals surface area contributed by atoms with Gasteiger partial charge in [0.25, 0.3) is 7.82 Å². The summed E-state index contributed by atoms with van der Waals surface area (Å²) in [6, 6.07) is -0.890. The van der Waals surface area contributed by atoms with Crippen molar-refractivity contribution < 1.29 is 37.3 Å². The van der Waals surface area contributed by atoms with E-state index in [-0.39, 0.29) is 31.5 Å². The Kier molecular flexibility index (Phi) is 57.6. The molecule has 0 radical (unpaired) electrons. The van der Waals surface area contributed by atoms with Crippen molar-refractivity contribution in [2.75, 3.05) is 40.9 Å². The van der Waals surface area contributed by atoms with Gasteiger partial charge in [0, 0.05) is 12.8 Å². The zero-order valence-electron chi connectivity index (χ0n) is 53.1. The molecule has 0 aromatic rings. The highest BCUT2D eigenvalue weighted by Crippen LogP contribution is 2.38. The van der Waals surface area contributed by atoms with E-state index < -0.39 is 20.0 Å². The first-order valence-electron chi connectivity index (χ1n) is 33.9. The molecule has 79 heavy (non-hydrogen) atoms. The Morgan fingerprint density at radius 2 is 0.772 bits per heavy atom. The lowest BCUT2D eigenvalue weighted by atomic mass is 10.0. The number of rotatable bonds is 62. The molecule has 0 bridgehead atoms. The number of carbonyl (C=O) groups is 2. The second-order valence-electron chi connectivity index (χ2n) is 24.3. The van der Waals surface area contributed by atoms with Crippen LogP contribution in [0.4, 0.5) is 0 Å². The van der Waals surface area contributed by atoms with Gasteiger partial charge in [0.1, 0.15) is 19.3 Å². The number of carbonyl (C=O) groups excluding carboxylic acids is 2. The molecule has 0 aliphatic carbocycles. The molecule has 0 saturated carbocycles. The Labute approximate surface area is 490 Å². The number of unbranched alkanes of at least 4 members (excludes halogenated alkanes) is 40. The maximum absolute atomic E-state index is 13.6. The Balaban J connectivity index is 5.03. The van der Waals surface area contributed by atoms with Crippen LogP contribution in [0.15, 0.2) is 48.6 Å². The van der Waals surface area contributed by atoms with Crippen LogP contribution in [-0.2, 0) is 27.9 Å². The normalized spacial score (nSPS) is 13.9. The van der Waals surface area contributed by atoms with Gasteiger partial charge in [-0.2, -0.15) is 0 Å². The van der Waals surface area contributed by atoms with Gasteiger partial charge in [0.15, 0.2) is 0 Å². The summed E-state index contributed by atoms with van der Waals surface area (Å²) < 4.78 is 30.4. The summed E-state index contributed by atoms with van der Waals surface area (Å²) in [6.07, 6.45) is 73.7. The minimum absolute atomic E-state index is 0.0226. The Hall–Kier alpha value is -2.03. The molecule has 0 fully saturated rings. The summed E-state index contributed by atoms with van der Waals surface area (Å²) in [5.41, 5.74) is 0. The van der Waals surface area contributed by atoms with Gasteiger partial charge >= 0.3 is 5.97 Å². The molecule has 464 valence electrons. The Morgan fingerprint density at radius 1 is 0.443 bits per heavy atom. The van der Waals surface area contributed by atoms with Crippen molar-refractivity contribution in [3.05, 3.63) is 48.6 Å². The number of nitrogens with zero attached hydrogens (tertiary/aromatic N) is 1. The van der Waals surface area contributed by atoms with Crippen LogP contribution in [0, 0.1) is 0 Å². The molecule has 3 atom stereocenters. The third-order valence-electron chi connectivity index (χ3n) is 15.2. The monoisotopic (exact) mass is 1130 g/mol. The fourth-order valence-electron chi connectivity index (χ4n) is 9.96. The molecule has 9 nitrogen and oxygen atoms in total. The summed E-state index contributed by atoms with van der Waals surface area (Å²) in [5, 5.41) is 3.04. The first-order valence-corrected chi connectivity index (χ1v) is 35.4. The van der Waals surface area contributed by atoms with E-state index in [4.69, 9.17) is 13.8 Å². The number of esters is 1. The molecular formula is C69H131N2O7P. The van der Waals surface area contributed by atoms with Crippen molar-refractivity contribution in [3.8, 4) is 0 Å². The van der Waals surface area contributed by atoms with Crippen LogP contribution in [0.3, 0.4) is 0 Å². The number of hydrogen-bond acceptors (Lipinski definition) is 7. The third kappa shape index (κ3) is 60.4. The lowest BCUT2D eigenvalue weighted by Crippen LogP contribution is -2.47. The molecule has 0 aromatic carbocycles. The molecule has 10 heteroatoms. The summed E-state index contributed by atoms with van der Waals surface area (Å²) >= 11 is 0. The largest absolute Gasteiger partial charge is 0.756 e. The van der Waals surface area contributed by atoms with Crippen molar-refractivity contribution in [1.29, 1.82) is 0 Å². The smallest absolute Gasteiger partial charge is 0.306 e. The molecule has 0 heterocycles. The Morgan fingerprint density at radius 3 is 1.18 bits per heavy atom. The van der Waals surface area contributed by atoms with E-state index in [1.807, 2.05) is 33.3 Å². The molecular weight excluding hydrogens is 1000 g/mol. The summed E-state index contributed by atoms with van der Waals surface area (Å²) in [7, 11) is 1.19. The quantitative estimate of drug-likeness (QED) is 0.0212. The second-order valence-corrected chi connectivity index (χ2v) is 25.7. The highest BCUT2D eigenvalue weighted by molar-refractivity contribution is 7.45. The van der Waals surface area contributed by atoms with Crippen molar-refractivity contribution >= 4 is 19.7 Å². The second kappa shape index (κ2) is 59.1. The lowest BCUT2D eigenvalue weighted by molar-refractivity contribution is -0.870. The van der Waals surface area contributed by atoms with Gasteiger partial charge in [-0.05, 0) is 89.5 Å². The zero-order chi connectivity index (χ0) is 57.9. The molecule has 0 aromatic heterocycles. The van der Waals surface area contributed by atoms with Gasteiger partial charge in [-0.15, -0.1) is 0 Å². The highest BCUT2D eigenvalue weighted by atomic mass is 31.2. The highest BCUT2D eigenvalue weighted by Gasteiger charge is 2.27. The Bertz CT molecular complexity index is 1490. The average molecular weight is 1130 g/mol. The van der Waals surface area contributed by atoms with E-state index >= 15 is 0 Å². The van der Waals surface area contributed by atoms with Gasteiger partial charge in [0.2, 0.25) is 5.91 Å². The van der Waals surface area contributed by atoms with E-state index in [2.05, 4.69) is 62.5 Å². The molecule has 0 aliphatic rings. The first-order chi connectivity index (χ1) is 38.4. The van der Waals surface area contributed by atoms with E-state index in [1.165, 1.54) is 218 Å². The van der Waals surface area contributed by atoms with E-state index in [0.29, 0.717) is 17.4 Å². The zero-order valence-corrected chi connectivity index (χ0v) is 54.0. The van der Waals surface area contributed by atoms with Gasteiger partial charge < -0.3 is 28.5 Å². The number of phosphoric acid groups is 1. The fraction of sp³-hybridized carbons (Fsp3) is 0.855. The van der Waals surface area contributed by atoms with Crippen molar-refractivity contribution in [2.24, 2.45) is 0 Å².